The number of methoxy groups -OCH3 is 1. The van der Waals surface area contributed by atoms with Crippen molar-refractivity contribution in [2.75, 3.05) is 13.7 Å². The number of aryl methyl sites for hydroxylation is 1. The SMILES string of the molecule is C=C/C(OC)=C(\C=C/CCn1c(O)c(N=NC(=O)c2ccccc2)c2ccccc21)OCC. The van der Waals surface area contributed by atoms with Crippen LogP contribution >= 0.6 is 0 Å². The summed E-state index contributed by atoms with van der Waals surface area (Å²) >= 11 is 0. The van der Waals surface area contributed by atoms with Crippen LogP contribution < -0.4 is 0 Å². The van der Waals surface area contributed by atoms with Gasteiger partial charge in [0.1, 0.15) is 0 Å². The van der Waals surface area contributed by atoms with Crippen molar-refractivity contribution < 1.29 is 19.4 Å². The summed E-state index contributed by atoms with van der Waals surface area (Å²) in [5.41, 5.74) is 1.50. The molecule has 0 radical (unpaired) electrons. The molecule has 3 rings (SSSR count). The van der Waals surface area contributed by atoms with E-state index in [1.165, 1.54) is 0 Å². The van der Waals surface area contributed by atoms with Crippen molar-refractivity contribution in [1.82, 2.24) is 4.57 Å². The molecular weight excluding hydrogens is 418 g/mol. The normalized spacial score (nSPS) is 12.3. The highest BCUT2D eigenvalue weighted by atomic mass is 16.5. The molecule has 0 saturated heterocycles. The molecule has 2 aromatic carbocycles. The van der Waals surface area contributed by atoms with Crippen molar-refractivity contribution in [3.63, 3.8) is 0 Å². The van der Waals surface area contributed by atoms with Gasteiger partial charge in [-0.1, -0.05) is 49.1 Å². The molecule has 0 aliphatic carbocycles. The molecule has 33 heavy (non-hydrogen) atoms. The molecule has 0 fully saturated rings. The quantitative estimate of drug-likeness (QED) is 0.225. The van der Waals surface area contributed by atoms with E-state index in [2.05, 4.69) is 16.8 Å². The van der Waals surface area contributed by atoms with E-state index < -0.39 is 5.91 Å². The minimum atomic E-state index is -0.471. The maximum Gasteiger partial charge on any atom is 0.295 e. The summed E-state index contributed by atoms with van der Waals surface area (Å²) in [6, 6.07) is 16.2. The first-order chi connectivity index (χ1) is 16.1. The number of hydrogen-bond acceptors (Lipinski definition) is 5. The maximum atomic E-state index is 12.3. The number of amides is 1. The summed E-state index contributed by atoms with van der Waals surface area (Å²) in [5, 5.41) is 19.5. The Kier molecular flexibility index (Phi) is 8.18. The van der Waals surface area contributed by atoms with Crippen molar-refractivity contribution in [3.05, 3.63) is 96.5 Å². The van der Waals surface area contributed by atoms with E-state index >= 15 is 0 Å². The number of ether oxygens (including phenoxy) is 2. The number of aromatic hydroxyl groups is 1. The third-order valence-corrected chi connectivity index (χ3v) is 4.92. The Balaban J connectivity index is 1.84. The number of hydrogen-bond donors (Lipinski definition) is 1. The largest absolute Gasteiger partial charge is 0.493 e. The Morgan fingerprint density at radius 2 is 1.85 bits per heavy atom. The summed E-state index contributed by atoms with van der Waals surface area (Å²) in [6.45, 7) is 6.61. The fraction of sp³-hybridized carbons (Fsp3) is 0.192. The van der Waals surface area contributed by atoms with Gasteiger partial charge in [-0.3, -0.25) is 4.79 Å². The van der Waals surface area contributed by atoms with Gasteiger partial charge in [-0.25, -0.2) is 0 Å². The lowest BCUT2D eigenvalue weighted by Crippen LogP contribution is -1.97. The van der Waals surface area contributed by atoms with Crippen LogP contribution in [-0.2, 0) is 16.0 Å². The Labute approximate surface area is 193 Å². The monoisotopic (exact) mass is 445 g/mol. The number of benzene rings is 2. The summed E-state index contributed by atoms with van der Waals surface area (Å²) < 4.78 is 12.6. The number of fused-ring (bicyclic) bond motifs is 1. The lowest BCUT2D eigenvalue weighted by Gasteiger charge is -2.09. The van der Waals surface area contributed by atoms with Gasteiger partial charge in [0, 0.05) is 17.5 Å². The van der Waals surface area contributed by atoms with Gasteiger partial charge in [0.2, 0.25) is 5.88 Å². The van der Waals surface area contributed by atoms with E-state index in [9.17, 15) is 9.90 Å². The van der Waals surface area contributed by atoms with Crippen LogP contribution in [0.25, 0.3) is 10.9 Å². The molecule has 0 saturated carbocycles. The lowest BCUT2D eigenvalue weighted by molar-refractivity contribution is 0.0995. The number of azo groups is 1. The molecule has 7 nitrogen and oxygen atoms in total. The highest BCUT2D eigenvalue weighted by Gasteiger charge is 2.16. The number of para-hydroxylation sites is 1. The maximum absolute atomic E-state index is 12.3. The van der Waals surface area contributed by atoms with Gasteiger partial charge in [-0.05, 0) is 43.7 Å². The van der Waals surface area contributed by atoms with Crippen LogP contribution in [0.5, 0.6) is 5.88 Å². The van der Waals surface area contributed by atoms with Gasteiger partial charge >= 0.3 is 0 Å². The fourth-order valence-electron chi connectivity index (χ4n) is 3.37. The van der Waals surface area contributed by atoms with Crippen molar-refractivity contribution in [1.29, 1.82) is 0 Å². The fourth-order valence-corrected chi connectivity index (χ4v) is 3.37. The molecule has 0 bridgehead atoms. The highest BCUT2D eigenvalue weighted by molar-refractivity contribution is 5.97. The second kappa shape index (κ2) is 11.5. The first-order valence-electron chi connectivity index (χ1n) is 10.6. The van der Waals surface area contributed by atoms with Crippen molar-refractivity contribution in [2.24, 2.45) is 10.2 Å². The zero-order chi connectivity index (χ0) is 23.6. The van der Waals surface area contributed by atoms with E-state index in [1.54, 1.807) is 42.0 Å². The number of carbonyl (C=O) groups is 1. The lowest BCUT2D eigenvalue weighted by atomic mass is 10.2. The summed E-state index contributed by atoms with van der Waals surface area (Å²) in [4.78, 5) is 12.3. The van der Waals surface area contributed by atoms with Crippen LogP contribution in [0, 0.1) is 0 Å². The molecule has 0 spiro atoms. The van der Waals surface area contributed by atoms with E-state index in [0.29, 0.717) is 42.0 Å². The second-order valence-electron chi connectivity index (χ2n) is 6.97. The molecule has 3 aromatic rings. The Morgan fingerprint density at radius 3 is 2.55 bits per heavy atom. The van der Waals surface area contributed by atoms with Crippen LogP contribution in [0.3, 0.4) is 0 Å². The van der Waals surface area contributed by atoms with Crippen LogP contribution in [0.15, 0.2) is 101 Å². The van der Waals surface area contributed by atoms with E-state index in [4.69, 9.17) is 9.47 Å². The minimum absolute atomic E-state index is 0.0431. The van der Waals surface area contributed by atoms with Gasteiger partial charge in [0.05, 0.1) is 19.2 Å². The van der Waals surface area contributed by atoms with Crippen molar-refractivity contribution in [2.45, 2.75) is 19.9 Å². The van der Waals surface area contributed by atoms with Crippen LogP contribution in [0.4, 0.5) is 5.69 Å². The first-order valence-corrected chi connectivity index (χ1v) is 10.6. The van der Waals surface area contributed by atoms with Gasteiger partial charge in [-0.15, -0.1) is 10.2 Å². The molecule has 1 N–H and O–H groups in total. The van der Waals surface area contributed by atoms with E-state index in [0.717, 1.165) is 5.52 Å². The summed E-state index contributed by atoms with van der Waals surface area (Å²) in [5.74, 6) is 0.623. The highest BCUT2D eigenvalue weighted by Crippen LogP contribution is 2.39. The van der Waals surface area contributed by atoms with Crippen LogP contribution in [0.2, 0.25) is 0 Å². The van der Waals surface area contributed by atoms with Crippen molar-refractivity contribution in [3.8, 4) is 5.88 Å². The molecular formula is C26H27N3O4. The standard InChI is InChI=1S/C26H27N3O4/c1-4-22(32-3)23(33-5-2)17-11-12-18-29-21-16-10-9-15-20(21)24(26(29)31)27-28-25(30)19-13-7-6-8-14-19/h4,6-11,13-17,31H,1,5,12,18H2,2-3H3/b17-11-,23-22-,28-27?. The number of allylic oxidation sites excluding steroid dienone is 3. The molecule has 0 unspecified atom stereocenters. The van der Waals surface area contributed by atoms with Crippen LogP contribution in [-0.4, -0.2) is 29.3 Å². The van der Waals surface area contributed by atoms with Gasteiger partial charge in [-0.2, -0.15) is 0 Å². The Hall–Kier alpha value is -4.13. The molecule has 0 atom stereocenters. The topological polar surface area (TPSA) is 85.4 Å². The summed E-state index contributed by atoms with van der Waals surface area (Å²) in [6.07, 6.45) is 5.96. The van der Waals surface area contributed by atoms with Gasteiger partial charge in [0.25, 0.3) is 5.91 Å². The zero-order valence-corrected chi connectivity index (χ0v) is 18.8. The molecule has 1 heterocycles. The molecule has 170 valence electrons. The average molecular weight is 446 g/mol. The second-order valence-corrected chi connectivity index (χ2v) is 6.97. The number of aromatic nitrogens is 1. The number of rotatable bonds is 10. The average Bonchev–Trinajstić information content (AvgIpc) is 3.12. The zero-order valence-electron chi connectivity index (χ0n) is 18.8. The molecule has 0 aliphatic rings. The minimum Gasteiger partial charge on any atom is -0.493 e. The molecule has 1 amide bonds. The predicted molar refractivity (Wildman–Crippen MR) is 129 cm³/mol. The number of carbonyl (C=O) groups excluding carboxylic acids is 1. The van der Waals surface area contributed by atoms with E-state index in [-0.39, 0.29) is 11.6 Å². The Bertz CT molecular complexity index is 1210. The first kappa shape index (κ1) is 23.5. The van der Waals surface area contributed by atoms with Gasteiger partial charge in [0.15, 0.2) is 17.2 Å². The molecule has 0 aliphatic heterocycles. The third-order valence-electron chi connectivity index (χ3n) is 4.92. The summed E-state index contributed by atoms with van der Waals surface area (Å²) in [7, 11) is 1.56. The van der Waals surface area contributed by atoms with E-state index in [1.807, 2.05) is 49.4 Å². The van der Waals surface area contributed by atoms with Crippen molar-refractivity contribution >= 4 is 22.5 Å². The smallest absolute Gasteiger partial charge is 0.295 e. The predicted octanol–water partition coefficient (Wildman–Crippen LogP) is 6.30. The van der Waals surface area contributed by atoms with Crippen LogP contribution in [0.1, 0.15) is 23.7 Å². The number of nitrogens with zero attached hydrogens (tertiary/aromatic N) is 3. The molecule has 1 aromatic heterocycles. The Morgan fingerprint density at radius 1 is 1.12 bits per heavy atom. The third kappa shape index (κ3) is 5.57. The molecule has 7 heteroatoms. The van der Waals surface area contributed by atoms with Gasteiger partial charge < -0.3 is 19.1 Å².